The standard InChI is InChI=1S/C55H61NS/c1-51(2)22-24-53(5,6)46-31-38(18-20-42(46)51)56(39-19-21-43-47(32-39)54(7,8)25-23-52(43,3)4)40-30-41(35-14-10-9-11-15-35)50-48(33-40)55(44-16-12-13-17-49(44)57-50)37-27-34-26-36(29-37)45(55)28-34/h9-21,30-34,36-37,45H,22-29H2,1-8H3. The molecule has 5 atom stereocenters. The van der Waals surface area contributed by atoms with Crippen LogP contribution < -0.4 is 4.90 Å². The first-order valence-corrected chi connectivity index (χ1v) is 23.1. The average molecular weight is 768 g/mol. The van der Waals surface area contributed by atoms with Crippen molar-refractivity contribution in [2.45, 2.75) is 144 Å². The molecule has 1 heterocycles. The van der Waals surface area contributed by atoms with E-state index in [-0.39, 0.29) is 27.1 Å². The molecule has 4 bridgehead atoms. The van der Waals surface area contributed by atoms with Crippen LogP contribution >= 0.6 is 11.8 Å². The molecule has 0 saturated heterocycles. The average Bonchev–Trinajstić information content (AvgIpc) is 3.60. The molecule has 0 radical (unpaired) electrons. The van der Waals surface area contributed by atoms with E-state index in [1.807, 2.05) is 11.8 Å². The fourth-order valence-electron chi connectivity index (χ4n) is 13.7. The molecule has 1 aliphatic heterocycles. The lowest BCUT2D eigenvalue weighted by Gasteiger charge is -2.50. The van der Waals surface area contributed by atoms with Crippen LogP contribution in [0.5, 0.6) is 0 Å². The molecule has 4 fully saturated rings. The summed E-state index contributed by atoms with van der Waals surface area (Å²) in [6.07, 6.45) is 10.5. The molecule has 1 nitrogen and oxygen atoms in total. The topological polar surface area (TPSA) is 3.24 Å². The Labute approximate surface area is 347 Å². The van der Waals surface area contributed by atoms with Crippen molar-refractivity contribution in [3.8, 4) is 11.1 Å². The van der Waals surface area contributed by atoms with E-state index in [0.717, 1.165) is 11.8 Å². The molecule has 4 saturated carbocycles. The highest BCUT2D eigenvalue weighted by atomic mass is 32.2. The van der Waals surface area contributed by atoms with Gasteiger partial charge in [-0.2, -0.15) is 0 Å². The van der Waals surface area contributed by atoms with Gasteiger partial charge in [0.1, 0.15) is 0 Å². The lowest BCUT2D eigenvalue weighted by atomic mass is 9.57. The maximum atomic E-state index is 2.72. The predicted molar refractivity (Wildman–Crippen MR) is 241 cm³/mol. The summed E-state index contributed by atoms with van der Waals surface area (Å²) in [5.41, 5.74) is 16.6. The fraction of sp³-hybridized carbons (Fsp3) is 0.455. The highest BCUT2D eigenvalue weighted by Crippen LogP contribution is 2.73. The second-order valence-corrected chi connectivity index (χ2v) is 23.0. The summed E-state index contributed by atoms with van der Waals surface area (Å²) in [7, 11) is 0. The SMILES string of the molecule is CC1(C)CCC(C)(C)c2cc(N(c3ccc4c(c3)C(C)(C)CCC4(C)C)c3cc(-c4ccccc4)c4c(c3)C3(c5ccccc5S4)C4CC5CC(C4)C3C5)ccc21. The molecule has 5 aromatic carbocycles. The Morgan fingerprint density at radius 3 is 1.67 bits per heavy atom. The van der Waals surface area contributed by atoms with Crippen LogP contribution in [0.25, 0.3) is 11.1 Å². The number of hydrogen-bond donors (Lipinski definition) is 0. The number of nitrogens with zero attached hydrogens (tertiary/aromatic N) is 1. The van der Waals surface area contributed by atoms with Gasteiger partial charge >= 0.3 is 0 Å². The van der Waals surface area contributed by atoms with Crippen molar-refractivity contribution in [1.82, 2.24) is 0 Å². The Morgan fingerprint density at radius 2 is 1.05 bits per heavy atom. The minimum absolute atomic E-state index is 0.0593. The first-order valence-electron chi connectivity index (χ1n) is 22.3. The van der Waals surface area contributed by atoms with E-state index in [4.69, 9.17) is 0 Å². The van der Waals surface area contributed by atoms with Crippen LogP contribution in [-0.4, -0.2) is 0 Å². The van der Waals surface area contributed by atoms with E-state index in [0.29, 0.717) is 11.8 Å². The molecule has 0 aromatic heterocycles. The van der Waals surface area contributed by atoms with Crippen molar-refractivity contribution in [3.63, 3.8) is 0 Å². The summed E-state index contributed by atoms with van der Waals surface area (Å²) in [6, 6.07) is 41.4. The molecular weight excluding hydrogens is 707 g/mol. The van der Waals surface area contributed by atoms with Crippen LogP contribution in [0.3, 0.4) is 0 Å². The molecule has 2 heteroatoms. The molecule has 57 heavy (non-hydrogen) atoms. The third kappa shape index (κ3) is 5.20. The quantitative estimate of drug-likeness (QED) is 0.179. The Balaban J connectivity index is 1.21. The Kier molecular flexibility index (Phi) is 7.75. The van der Waals surface area contributed by atoms with Crippen molar-refractivity contribution in [2.24, 2.45) is 23.7 Å². The summed E-state index contributed by atoms with van der Waals surface area (Å²) < 4.78 is 0. The minimum Gasteiger partial charge on any atom is -0.310 e. The van der Waals surface area contributed by atoms with Gasteiger partial charge in [-0.1, -0.05) is 128 Å². The van der Waals surface area contributed by atoms with Crippen LogP contribution in [0.2, 0.25) is 0 Å². The summed E-state index contributed by atoms with van der Waals surface area (Å²) in [5.74, 6) is 3.17. The van der Waals surface area contributed by atoms with E-state index in [1.165, 1.54) is 112 Å². The summed E-state index contributed by atoms with van der Waals surface area (Å²) in [5, 5.41) is 0. The molecular formula is C55H61NS. The summed E-state index contributed by atoms with van der Waals surface area (Å²) in [4.78, 5) is 5.68. The minimum atomic E-state index is 0.0593. The van der Waals surface area contributed by atoms with Crippen LogP contribution in [-0.2, 0) is 27.1 Å². The van der Waals surface area contributed by atoms with Crippen LogP contribution in [0.1, 0.15) is 140 Å². The summed E-state index contributed by atoms with van der Waals surface area (Å²) in [6.45, 7) is 19.7. The molecule has 0 N–H and O–H groups in total. The summed E-state index contributed by atoms with van der Waals surface area (Å²) >= 11 is 2.05. The van der Waals surface area contributed by atoms with Gasteiger partial charge in [0.05, 0.1) is 0 Å². The van der Waals surface area contributed by atoms with Gasteiger partial charge in [-0.3, -0.25) is 0 Å². The Morgan fingerprint density at radius 1 is 0.491 bits per heavy atom. The van der Waals surface area contributed by atoms with Gasteiger partial charge in [0, 0.05) is 32.3 Å². The van der Waals surface area contributed by atoms with Crippen molar-refractivity contribution >= 4 is 28.8 Å². The van der Waals surface area contributed by atoms with E-state index in [2.05, 4.69) is 163 Å². The number of fused-ring (bicyclic) bond motifs is 4. The largest absolute Gasteiger partial charge is 0.310 e. The fourth-order valence-corrected chi connectivity index (χ4v) is 15.0. The highest BCUT2D eigenvalue weighted by Gasteiger charge is 2.65. The Bertz CT molecular complexity index is 2370. The van der Waals surface area contributed by atoms with E-state index in [9.17, 15) is 0 Å². The highest BCUT2D eigenvalue weighted by molar-refractivity contribution is 7.99. The first kappa shape index (κ1) is 36.3. The maximum Gasteiger partial charge on any atom is 0.0471 e. The van der Waals surface area contributed by atoms with E-state index >= 15 is 0 Å². The molecule has 5 aromatic rings. The smallest absolute Gasteiger partial charge is 0.0471 e. The molecule has 12 rings (SSSR count). The molecule has 6 aliphatic carbocycles. The molecule has 1 spiro atoms. The number of anilines is 3. The second-order valence-electron chi connectivity index (χ2n) is 21.9. The van der Waals surface area contributed by atoms with Gasteiger partial charge in [-0.15, -0.1) is 0 Å². The number of benzene rings is 5. The van der Waals surface area contributed by atoms with Crippen LogP contribution in [0, 0.1) is 23.7 Å². The zero-order valence-electron chi connectivity index (χ0n) is 35.6. The van der Waals surface area contributed by atoms with Crippen molar-refractivity contribution in [2.75, 3.05) is 4.90 Å². The van der Waals surface area contributed by atoms with E-state index < -0.39 is 0 Å². The van der Waals surface area contributed by atoms with Gasteiger partial charge in [0.15, 0.2) is 0 Å². The number of rotatable bonds is 4. The normalized spacial score (nSPS) is 28.7. The monoisotopic (exact) mass is 767 g/mol. The predicted octanol–water partition coefficient (Wildman–Crippen LogP) is 15.3. The van der Waals surface area contributed by atoms with Crippen molar-refractivity contribution in [3.05, 3.63) is 137 Å². The lowest BCUT2D eigenvalue weighted by molar-refractivity contribution is 0.181. The third-order valence-electron chi connectivity index (χ3n) is 16.8. The lowest BCUT2D eigenvalue weighted by Crippen LogP contribution is -2.44. The molecule has 0 amide bonds. The van der Waals surface area contributed by atoms with Crippen molar-refractivity contribution in [1.29, 1.82) is 0 Å². The number of hydrogen-bond acceptors (Lipinski definition) is 2. The van der Waals surface area contributed by atoms with Gasteiger partial charge in [0.2, 0.25) is 0 Å². The van der Waals surface area contributed by atoms with E-state index in [1.54, 1.807) is 11.1 Å². The first-order chi connectivity index (χ1) is 27.2. The second kappa shape index (κ2) is 12.2. The Hall–Kier alpha value is -3.75. The molecule has 292 valence electrons. The van der Waals surface area contributed by atoms with Gasteiger partial charge in [-0.25, -0.2) is 0 Å². The zero-order chi connectivity index (χ0) is 39.3. The maximum absolute atomic E-state index is 2.72. The van der Waals surface area contributed by atoms with Crippen LogP contribution in [0.15, 0.2) is 113 Å². The van der Waals surface area contributed by atoms with Gasteiger partial charge in [-0.05, 0) is 184 Å². The third-order valence-corrected chi connectivity index (χ3v) is 18.0. The molecule has 5 unspecified atom stereocenters. The zero-order valence-corrected chi connectivity index (χ0v) is 36.5. The van der Waals surface area contributed by atoms with Crippen LogP contribution in [0.4, 0.5) is 17.1 Å². The van der Waals surface area contributed by atoms with Gasteiger partial charge < -0.3 is 4.90 Å². The molecule has 7 aliphatic rings. The van der Waals surface area contributed by atoms with Crippen molar-refractivity contribution < 1.29 is 0 Å². The van der Waals surface area contributed by atoms with Gasteiger partial charge in [0.25, 0.3) is 0 Å².